The first-order valence-electron chi connectivity index (χ1n) is 10.8. The summed E-state index contributed by atoms with van der Waals surface area (Å²) in [5.74, 6) is -0.112. The Balaban J connectivity index is 1.72. The fourth-order valence-electron chi connectivity index (χ4n) is 3.32. The molecule has 0 spiro atoms. The highest BCUT2D eigenvalue weighted by molar-refractivity contribution is 6.10. The number of amides is 2. The molecule has 0 saturated carbocycles. The van der Waals surface area contributed by atoms with E-state index < -0.39 is 0 Å². The number of guanidine groups is 1. The monoisotopic (exact) mass is 437 g/mol. The minimum Gasteiger partial charge on any atom is -0.379 e. The first kappa shape index (κ1) is 23.4. The average Bonchev–Trinajstić information content (AvgIpc) is 2.76. The molecule has 3 rings (SSSR count). The second-order valence-corrected chi connectivity index (χ2v) is 7.82. The third-order valence-electron chi connectivity index (χ3n) is 5.24. The lowest BCUT2D eigenvalue weighted by molar-refractivity contribution is -0.114. The highest BCUT2D eigenvalue weighted by atomic mass is 16.5. The highest BCUT2D eigenvalue weighted by Gasteiger charge is 2.13. The van der Waals surface area contributed by atoms with Gasteiger partial charge in [0.2, 0.25) is 11.9 Å². The molecule has 2 amide bonds. The van der Waals surface area contributed by atoms with Gasteiger partial charge in [-0.25, -0.2) is 0 Å². The zero-order chi connectivity index (χ0) is 22.9. The Morgan fingerprint density at radius 1 is 1.00 bits per heavy atom. The highest BCUT2D eigenvalue weighted by Crippen LogP contribution is 2.15. The molecule has 0 unspecified atom stereocenters. The molecule has 2 aromatic rings. The number of hydrogen-bond donors (Lipinski definition) is 3. The summed E-state index contributed by atoms with van der Waals surface area (Å²) in [6.07, 6.45) is 0. The Morgan fingerprint density at radius 2 is 1.75 bits per heavy atom. The van der Waals surface area contributed by atoms with E-state index in [2.05, 4.69) is 32.8 Å². The van der Waals surface area contributed by atoms with Crippen molar-refractivity contribution in [1.82, 2.24) is 10.2 Å². The molecule has 170 valence electrons. The van der Waals surface area contributed by atoms with Gasteiger partial charge in [0.05, 0.1) is 19.8 Å². The zero-order valence-corrected chi connectivity index (χ0v) is 18.9. The van der Waals surface area contributed by atoms with Crippen molar-refractivity contribution in [1.29, 1.82) is 0 Å². The van der Waals surface area contributed by atoms with Gasteiger partial charge in [0, 0.05) is 43.5 Å². The second-order valence-electron chi connectivity index (χ2n) is 7.82. The van der Waals surface area contributed by atoms with Gasteiger partial charge in [0.1, 0.15) is 0 Å². The molecule has 1 aliphatic rings. The maximum Gasteiger partial charge on any atom is 0.258 e. The molecular formula is C24H31N5O3. The largest absolute Gasteiger partial charge is 0.379 e. The van der Waals surface area contributed by atoms with E-state index in [4.69, 9.17) is 4.74 Å². The molecule has 32 heavy (non-hydrogen) atoms. The number of ether oxygens (including phenoxy) is 1. The number of morpholine rings is 1. The third kappa shape index (κ3) is 7.18. The number of nitrogens with zero attached hydrogens (tertiary/aromatic N) is 2. The minimum atomic E-state index is -0.307. The number of nitrogens with one attached hydrogen (secondary N) is 3. The molecule has 2 aromatic carbocycles. The van der Waals surface area contributed by atoms with Gasteiger partial charge >= 0.3 is 0 Å². The Labute approximate surface area is 189 Å². The molecule has 3 N–H and O–H groups in total. The molecule has 0 aromatic heterocycles. The lowest BCUT2D eigenvalue weighted by Crippen LogP contribution is -2.39. The van der Waals surface area contributed by atoms with Crippen molar-refractivity contribution in [2.75, 3.05) is 50.0 Å². The minimum absolute atomic E-state index is 0.190. The van der Waals surface area contributed by atoms with Gasteiger partial charge in [0.15, 0.2) is 0 Å². The van der Waals surface area contributed by atoms with Crippen LogP contribution in [0.1, 0.15) is 28.4 Å². The van der Waals surface area contributed by atoms with Crippen molar-refractivity contribution < 1.29 is 14.3 Å². The summed E-state index contributed by atoms with van der Waals surface area (Å²) in [6, 6.07) is 12.8. The van der Waals surface area contributed by atoms with Crippen LogP contribution in [0.4, 0.5) is 11.4 Å². The van der Waals surface area contributed by atoms with Gasteiger partial charge in [-0.15, -0.1) is 0 Å². The number of carbonyl (C=O) groups excluding carboxylic acids is 2. The maximum absolute atomic E-state index is 12.9. The lowest BCUT2D eigenvalue weighted by atomic mass is 10.1. The molecule has 0 aliphatic carbocycles. The number of rotatable bonds is 6. The van der Waals surface area contributed by atoms with Crippen LogP contribution in [0.5, 0.6) is 0 Å². The number of aryl methyl sites for hydroxylation is 2. The molecule has 8 nitrogen and oxygen atoms in total. The Kier molecular flexibility index (Phi) is 8.35. The van der Waals surface area contributed by atoms with Gasteiger partial charge in [-0.3, -0.25) is 24.8 Å². The van der Waals surface area contributed by atoms with E-state index in [1.807, 2.05) is 25.1 Å². The maximum atomic E-state index is 12.9. The number of carbonyl (C=O) groups is 2. The summed E-state index contributed by atoms with van der Waals surface area (Å²) in [4.78, 5) is 31.1. The molecule has 0 bridgehead atoms. The Hall–Kier alpha value is -3.23. The molecule has 0 atom stereocenters. The van der Waals surface area contributed by atoms with Crippen molar-refractivity contribution >= 4 is 29.1 Å². The molecule has 1 aliphatic heterocycles. The van der Waals surface area contributed by atoms with Crippen LogP contribution in [0.3, 0.4) is 0 Å². The predicted molar refractivity (Wildman–Crippen MR) is 127 cm³/mol. The zero-order valence-electron chi connectivity index (χ0n) is 18.9. The standard InChI is InChI=1S/C24H31N5O3/c1-17-7-8-22(15-18(17)2)27-24(25-9-10-29-11-13-32-14-12-29)28-23(31)20-5-4-6-21(16-20)26-19(3)30/h4-8,15-16H,9-14H2,1-3H3,(H,26,30)(H2,25,27,28,31). The van der Waals surface area contributed by atoms with Crippen LogP contribution in [0.15, 0.2) is 47.5 Å². The topological polar surface area (TPSA) is 95.1 Å². The average molecular weight is 438 g/mol. The van der Waals surface area contributed by atoms with E-state index >= 15 is 0 Å². The molecule has 8 heteroatoms. The van der Waals surface area contributed by atoms with Crippen LogP contribution in [0.25, 0.3) is 0 Å². The quantitative estimate of drug-likeness (QED) is 0.477. The van der Waals surface area contributed by atoms with E-state index in [0.717, 1.165) is 44.1 Å². The normalized spacial score (nSPS) is 14.7. The molecular weight excluding hydrogens is 406 g/mol. The number of anilines is 2. The van der Waals surface area contributed by atoms with E-state index in [1.54, 1.807) is 24.3 Å². The summed E-state index contributed by atoms with van der Waals surface area (Å²) < 4.78 is 5.39. The van der Waals surface area contributed by atoms with Gasteiger partial charge < -0.3 is 15.4 Å². The number of hydrogen-bond acceptors (Lipinski definition) is 5. The van der Waals surface area contributed by atoms with Crippen molar-refractivity contribution in [3.8, 4) is 0 Å². The van der Waals surface area contributed by atoms with Gasteiger partial charge in [-0.2, -0.15) is 0 Å². The van der Waals surface area contributed by atoms with Crippen LogP contribution < -0.4 is 16.0 Å². The van der Waals surface area contributed by atoms with E-state index in [9.17, 15) is 9.59 Å². The molecule has 1 saturated heterocycles. The van der Waals surface area contributed by atoms with Crippen molar-refractivity contribution in [3.05, 3.63) is 59.2 Å². The van der Waals surface area contributed by atoms with Crippen LogP contribution >= 0.6 is 0 Å². The van der Waals surface area contributed by atoms with Crippen molar-refractivity contribution in [3.63, 3.8) is 0 Å². The number of aliphatic imine (C=N–C) groups is 1. The molecule has 0 radical (unpaired) electrons. The Bertz CT molecular complexity index is 983. The summed E-state index contributed by atoms with van der Waals surface area (Å²) >= 11 is 0. The van der Waals surface area contributed by atoms with Gasteiger partial charge in [-0.05, 0) is 55.3 Å². The second kappa shape index (κ2) is 11.4. The SMILES string of the molecule is CC(=O)Nc1cccc(C(=O)NC(=NCCN2CCOCC2)Nc2ccc(C)c(C)c2)c1. The first-order chi connectivity index (χ1) is 15.4. The van der Waals surface area contributed by atoms with E-state index in [-0.39, 0.29) is 11.8 Å². The molecule has 1 heterocycles. The smallest absolute Gasteiger partial charge is 0.258 e. The van der Waals surface area contributed by atoms with Gasteiger partial charge in [-0.1, -0.05) is 12.1 Å². The Morgan fingerprint density at radius 3 is 2.47 bits per heavy atom. The fourth-order valence-corrected chi connectivity index (χ4v) is 3.32. The van der Waals surface area contributed by atoms with Crippen molar-refractivity contribution in [2.24, 2.45) is 4.99 Å². The summed E-state index contributed by atoms with van der Waals surface area (Å²) in [5.41, 5.74) is 4.19. The molecule has 1 fully saturated rings. The summed E-state index contributed by atoms with van der Waals surface area (Å²) in [7, 11) is 0. The summed E-state index contributed by atoms with van der Waals surface area (Å²) in [5, 5.41) is 8.81. The van der Waals surface area contributed by atoms with Crippen LogP contribution in [0.2, 0.25) is 0 Å². The van der Waals surface area contributed by atoms with E-state index in [0.29, 0.717) is 23.8 Å². The van der Waals surface area contributed by atoms with Crippen LogP contribution in [0, 0.1) is 13.8 Å². The van der Waals surface area contributed by atoms with E-state index in [1.165, 1.54) is 12.5 Å². The van der Waals surface area contributed by atoms with Crippen molar-refractivity contribution in [2.45, 2.75) is 20.8 Å². The first-order valence-corrected chi connectivity index (χ1v) is 10.8. The predicted octanol–water partition coefficient (Wildman–Crippen LogP) is 2.79. The number of benzene rings is 2. The van der Waals surface area contributed by atoms with Gasteiger partial charge in [0.25, 0.3) is 5.91 Å². The fraction of sp³-hybridized carbons (Fsp3) is 0.375. The third-order valence-corrected chi connectivity index (χ3v) is 5.24. The summed E-state index contributed by atoms with van der Waals surface area (Å²) in [6.45, 7) is 10.1. The lowest BCUT2D eigenvalue weighted by Gasteiger charge is -2.25. The van der Waals surface area contributed by atoms with Crippen LogP contribution in [-0.4, -0.2) is 62.1 Å². The van der Waals surface area contributed by atoms with Crippen LogP contribution in [-0.2, 0) is 9.53 Å².